The summed E-state index contributed by atoms with van der Waals surface area (Å²) in [6.07, 6.45) is 2.88. The maximum Gasteiger partial charge on any atom is 0.319 e. The molecule has 0 aliphatic carbocycles. The summed E-state index contributed by atoms with van der Waals surface area (Å²) in [6, 6.07) is 34.6. The van der Waals surface area contributed by atoms with Crippen LogP contribution in [-0.4, -0.2) is 35.8 Å². The number of aromatic nitrogens is 1. The Morgan fingerprint density at radius 2 is 1.53 bits per heavy atom. The van der Waals surface area contributed by atoms with E-state index in [2.05, 4.69) is 33.1 Å². The van der Waals surface area contributed by atoms with Crippen molar-refractivity contribution in [1.29, 1.82) is 0 Å². The lowest BCUT2D eigenvalue weighted by Crippen LogP contribution is -2.29. The van der Waals surface area contributed by atoms with Gasteiger partial charge in [0.2, 0.25) is 5.56 Å². The third-order valence-electron chi connectivity index (χ3n) is 7.62. The maximum atomic E-state index is 12.4. The van der Waals surface area contributed by atoms with E-state index < -0.39 is 6.10 Å². The maximum absolute atomic E-state index is 12.4. The van der Waals surface area contributed by atoms with Crippen molar-refractivity contribution in [3.05, 3.63) is 142 Å². The van der Waals surface area contributed by atoms with Crippen molar-refractivity contribution in [3.63, 3.8) is 0 Å². The molecular formula is C37H40N4O4. The highest BCUT2D eigenvalue weighted by molar-refractivity contribution is 5.89. The van der Waals surface area contributed by atoms with Crippen molar-refractivity contribution in [3.8, 4) is 5.75 Å². The summed E-state index contributed by atoms with van der Waals surface area (Å²) in [5, 5.41) is 21.0. The molecule has 5 rings (SSSR count). The number of H-pyrrole nitrogens is 1. The molecule has 45 heavy (non-hydrogen) atoms. The molecule has 2 amide bonds. The van der Waals surface area contributed by atoms with Crippen LogP contribution in [0.3, 0.4) is 0 Å². The number of rotatable bonds is 15. The van der Waals surface area contributed by atoms with Gasteiger partial charge < -0.3 is 30.8 Å². The largest absolute Gasteiger partial charge is 0.487 e. The van der Waals surface area contributed by atoms with E-state index in [0.717, 1.165) is 47.9 Å². The first-order valence-corrected chi connectivity index (χ1v) is 15.4. The number of benzene rings is 4. The van der Waals surface area contributed by atoms with Crippen LogP contribution in [0.15, 0.2) is 114 Å². The zero-order valence-electron chi connectivity index (χ0n) is 25.3. The molecular weight excluding hydrogens is 564 g/mol. The van der Waals surface area contributed by atoms with E-state index in [4.69, 9.17) is 4.74 Å². The number of aromatic amines is 1. The molecule has 8 nitrogen and oxygen atoms in total. The molecule has 0 aliphatic rings. The van der Waals surface area contributed by atoms with Gasteiger partial charge in [-0.25, -0.2) is 4.79 Å². The molecule has 1 unspecified atom stereocenters. The van der Waals surface area contributed by atoms with Crippen LogP contribution in [0.2, 0.25) is 0 Å². The van der Waals surface area contributed by atoms with Crippen molar-refractivity contribution in [2.75, 3.05) is 25.0 Å². The van der Waals surface area contributed by atoms with E-state index in [9.17, 15) is 14.7 Å². The monoisotopic (exact) mass is 604 g/mol. The van der Waals surface area contributed by atoms with E-state index in [-0.39, 0.29) is 11.6 Å². The number of unbranched alkanes of at least 4 members (excludes halogenated alkanes) is 1. The van der Waals surface area contributed by atoms with Gasteiger partial charge in [-0.1, -0.05) is 78.9 Å². The summed E-state index contributed by atoms with van der Waals surface area (Å²) in [6.45, 7) is 1.97. The molecule has 1 aromatic heterocycles. The van der Waals surface area contributed by atoms with Crippen LogP contribution in [0.1, 0.15) is 41.2 Å². The Kier molecular flexibility index (Phi) is 11.4. The van der Waals surface area contributed by atoms with Gasteiger partial charge in [0.15, 0.2) is 0 Å². The number of nitrogens with one attached hydrogen (secondary N) is 4. The number of aryl methyl sites for hydroxylation is 1. The summed E-state index contributed by atoms with van der Waals surface area (Å²) >= 11 is 0. The zero-order chi connectivity index (χ0) is 31.3. The Morgan fingerprint density at radius 1 is 0.778 bits per heavy atom. The summed E-state index contributed by atoms with van der Waals surface area (Å²) < 4.78 is 6.02. The highest BCUT2D eigenvalue weighted by atomic mass is 16.5. The van der Waals surface area contributed by atoms with Crippen LogP contribution >= 0.6 is 0 Å². The van der Waals surface area contributed by atoms with Gasteiger partial charge in [-0.2, -0.15) is 0 Å². The van der Waals surface area contributed by atoms with Gasteiger partial charge in [0.1, 0.15) is 12.4 Å². The fraction of sp³-hybridized carbons (Fsp3) is 0.243. The molecule has 0 aliphatic heterocycles. The van der Waals surface area contributed by atoms with Crippen LogP contribution in [0, 0.1) is 0 Å². The molecule has 0 saturated heterocycles. The molecule has 0 saturated carbocycles. The number of aliphatic hydroxyl groups excluding tert-OH is 1. The third kappa shape index (κ3) is 9.53. The van der Waals surface area contributed by atoms with Crippen LogP contribution in [0.25, 0.3) is 10.9 Å². The quantitative estimate of drug-likeness (QED) is 0.0925. The van der Waals surface area contributed by atoms with Gasteiger partial charge >= 0.3 is 6.03 Å². The number of amides is 2. The molecule has 1 atom stereocenters. The number of hydrogen-bond donors (Lipinski definition) is 5. The number of aliphatic hydroxyl groups is 1. The Labute approximate surface area is 263 Å². The summed E-state index contributed by atoms with van der Waals surface area (Å²) in [7, 11) is 0. The molecule has 1 heterocycles. The van der Waals surface area contributed by atoms with Gasteiger partial charge in [0.05, 0.1) is 11.6 Å². The first kappa shape index (κ1) is 31.5. The first-order valence-electron chi connectivity index (χ1n) is 15.4. The summed E-state index contributed by atoms with van der Waals surface area (Å²) in [4.78, 5) is 27.4. The predicted octanol–water partition coefficient (Wildman–Crippen LogP) is 6.12. The smallest absolute Gasteiger partial charge is 0.319 e. The Bertz CT molecular complexity index is 1720. The van der Waals surface area contributed by atoms with Crippen molar-refractivity contribution in [2.45, 2.75) is 38.4 Å². The number of fused-ring (bicyclic) bond motifs is 1. The lowest BCUT2D eigenvalue weighted by molar-refractivity contribution is 0.176. The highest BCUT2D eigenvalue weighted by Gasteiger charge is 2.15. The van der Waals surface area contributed by atoms with E-state index in [1.807, 2.05) is 78.9 Å². The van der Waals surface area contributed by atoms with E-state index in [1.165, 1.54) is 11.6 Å². The summed E-state index contributed by atoms with van der Waals surface area (Å²) in [5.41, 5.74) is 5.18. The van der Waals surface area contributed by atoms with Gasteiger partial charge in [0, 0.05) is 30.2 Å². The van der Waals surface area contributed by atoms with Crippen molar-refractivity contribution in [2.24, 2.45) is 0 Å². The van der Waals surface area contributed by atoms with Crippen molar-refractivity contribution >= 4 is 22.6 Å². The van der Waals surface area contributed by atoms with Gasteiger partial charge in [-0.15, -0.1) is 0 Å². The molecule has 0 fully saturated rings. The lowest BCUT2D eigenvalue weighted by atomic mass is 10.0. The Hall–Kier alpha value is -4.92. The second kappa shape index (κ2) is 16.2. The zero-order valence-corrected chi connectivity index (χ0v) is 25.3. The van der Waals surface area contributed by atoms with E-state index in [0.29, 0.717) is 43.1 Å². The molecule has 4 aromatic carbocycles. The number of pyridine rings is 1. The molecule has 5 N–H and O–H groups in total. The first-order chi connectivity index (χ1) is 22.0. The average molecular weight is 605 g/mol. The lowest BCUT2D eigenvalue weighted by Gasteiger charge is -2.17. The van der Waals surface area contributed by atoms with Crippen LogP contribution < -0.4 is 26.2 Å². The number of carbonyl (C=O) groups is 1. The minimum atomic E-state index is -0.786. The molecule has 0 spiro atoms. The number of hydrogen-bond acceptors (Lipinski definition) is 5. The minimum absolute atomic E-state index is 0.210. The van der Waals surface area contributed by atoms with Gasteiger partial charge in [0.25, 0.3) is 0 Å². The number of urea groups is 1. The van der Waals surface area contributed by atoms with E-state index in [1.54, 1.807) is 12.1 Å². The number of anilines is 1. The Balaban J connectivity index is 1.07. The molecule has 0 bridgehead atoms. The highest BCUT2D eigenvalue weighted by Crippen LogP contribution is 2.30. The fourth-order valence-corrected chi connectivity index (χ4v) is 5.26. The van der Waals surface area contributed by atoms with Crippen molar-refractivity contribution < 1.29 is 14.6 Å². The normalized spacial score (nSPS) is 11.7. The predicted molar refractivity (Wildman–Crippen MR) is 180 cm³/mol. The van der Waals surface area contributed by atoms with E-state index >= 15 is 0 Å². The van der Waals surface area contributed by atoms with Crippen LogP contribution in [0.4, 0.5) is 10.5 Å². The Morgan fingerprint density at radius 3 is 2.33 bits per heavy atom. The molecule has 5 aromatic rings. The number of carbonyl (C=O) groups excluding carboxylic acids is 1. The van der Waals surface area contributed by atoms with Crippen LogP contribution in [0.5, 0.6) is 5.75 Å². The SMILES string of the molecule is O=C(NCCCCc1ccccc1)Nc1cccc(CCNCC(O)c2ccc(OCc3ccccc3)c3[nH]c(=O)ccc23)c1. The number of ether oxygens (including phenoxy) is 1. The second-order valence-corrected chi connectivity index (χ2v) is 11.0. The van der Waals surface area contributed by atoms with Crippen LogP contribution in [-0.2, 0) is 19.4 Å². The van der Waals surface area contributed by atoms with Crippen molar-refractivity contribution in [1.82, 2.24) is 15.6 Å². The topological polar surface area (TPSA) is 115 Å². The van der Waals surface area contributed by atoms with Gasteiger partial charge in [-0.3, -0.25) is 4.79 Å². The molecule has 8 heteroatoms. The fourth-order valence-electron chi connectivity index (χ4n) is 5.26. The summed E-state index contributed by atoms with van der Waals surface area (Å²) in [5.74, 6) is 0.556. The standard InChI is InChI=1S/C37H40N4O4/c42-33(31-17-19-34(36-32(31)18-20-35(43)41-36)45-26-29-13-5-2-6-14-29)25-38-23-21-28-15-9-16-30(24-28)40-37(44)39-22-8-7-12-27-10-3-1-4-11-27/h1-6,9-11,13-20,24,33,38,42H,7-8,12,21-23,25-26H2,(H,41,43)(H2,39,40,44). The average Bonchev–Trinajstić information content (AvgIpc) is 3.06. The molecule has 232 valence electrons. The minimum Gasteiger partial charge on any atom is -0.487 e. The van der Waals surface area contributed by atoms with Gasteiger partial charge in [-0.05, 0) is 78.7 Å². The second-order valence-electron chi connectivity index (χ2n) is 11.0. The third-order valence-corrected chi connectivity index (χ3v) is 7.62. The molecule has 0 radical (unpaired) electrons.